The quantitative estimate of drug-likeness (QED) is 0.602. The lowest BCUT2D eigenvalue weighted by Gasteiger charge is -1.90. The molecule has 2 aromatic heterocycles. The molecule has 0 amide bonds. The van der Waals surface area contributed by atoms with Gasteiger partial charge in [-0.2, -0.15) is 5.26 Å². The molecule has 3 aromatic rings. The topological polar surface area (TPSA) is 65.6 Å². The van der Waals surface area contributed by atoms with Gasteiger partial charge in [0, 0.05) is 13.1 Å². The van der Waals surface area contributed by atoms with Crippen LogP contribution in [0.4, 0.5) is 0 Å². The Bertz CT molecular complexity index is 700. The summed E-state index contributed by atoms with van der Waals surface area (Å²) < 4.78 is 5.50. The second-order valence-electron chi connectivity index (χ2n) is 3.38. The van der Waals surface area contributed by atoms with Crippen LogP contribution in [0, 0.1) is 18.3 Å². The highest BCUT2D eigenvalue weighted by molar-refractivity contribution is 6.04. The maximum atomic E-state index is 8.96. The first kappa shape index (κ1) is 8.06. The van der Waals surface area contributed by atoms with Crippen molar-refractivity contribution in [3.8, 4) is 6.07 Å². The Labute approximate surface area is 85.1 Å². The van der Waals surface area contributed by atoms with E-state index in [1.54, 1.807) is 13.1 Å². The summed E-state index contributed by atoms with van der Waals surface area (Å²) in [5.41, 5.74) is 2.96. The zero-order valence-electron chi connectivity index (χ0n) is 8.03. The largest absolute Gasteiger partial charge is 0.440 e. The van der Waals surface area contributed by atoms with Crippen molar-refractivity contribution in [3.05, 3.63) is 29.8 Å². The van der Waals surface area contributed by atoms with Crippen molar-refractivity contribution >= 4 is 22.0 Å². The van der Waals surface area contributed by atoms with Gasteiger partial charge in [0.2, 0.25) is 0 Å². The summed E-state index contributed by atoms with van der Waals surface area (Å²) in [6, 6.07) is 5.92. The van der Waals surface area contributed by atoms with Crippen molar-refractivity contribution in [1.29, 1.82) is 5.26 Å². The number of nitriles is 1. The van der Waals surface area contributed by atoms with Crippen molar-refractivity contribution in [3.63, 3.8) is 0 Å². The lowest BCUT2D eigenvalue weighted by Crippen LogP contribution is -1.72. The number of nitrogens with one attached hydrogen (secondary N) is 1. The van der Waals surface area contributed by atoms with E-state index in [9.17, 15) is 0 Å². The number of H-pyrrole nitrogens is 1. The van der Waals surface area contributed by atoms with Gasteiger partial charge in [-0.1, -0.05) is 0 Å². The average Bonchev–Trinajstić information content (AvgIpc) is 2.78. The Balaban J connectivity index is 2.62. The number of aromatic nitrogens is 2. The Hall–Kier alpha value is -2.28. The maximum absolute atomic E-state index is 8.96. The van der Waals surface area contributed by atoms with E-state index in [1.807, 2.05) is 12.1 Å². The van der Waals surface area contributed by atoms with Crippen molar-refractivity contribution in [2.45, 2.75) is 6.92 Å². The van der Waals surface area contributed by atoms with E-state index in [0.717, 1.165) is 16.4 Å². The van der Waals surface area contributed by atoms with Crippen molar-refractivity contribution in [1.82, 2.24) is 9.97 Å². The second kappa shape index (κ2) is 2.61. The summed E-state index contributed by atoms with van der Waals surface area (Å²) in [6.07, 6.45) is 1.68. The van der Waals surface area contributed by atoms with Crippen LogP contribution >= 0.6 is 0 Å². The Morgan fingerprint density at radius 1 is 1.47 bits per heavy atom. The Morgan fingerprint density at radius 3 is 3.13 bits per heavy atom. The number of benzene rings is 1. The van der Waals surface area contributed by atoms with E-state index in [-0.39, 0.29) is 0 Å². The molecule has 0 aliphatic rings. The van der Waals surface area contributed by atoms with Gasteiger partial charge in [0.25, 0.3) is 0 Å². The molecule has 0 spiro atoms. The van der Waals surface area contributed by atoms with Crippen LogP contribution in [-0.2, 0) is 0 Å². The lowest BCUT2D eigenvalue weighted by atomic mass is 10.1. The number of oxazole rings is 1. The molecule has 4 heteroatoms. The lowest BCUT2D eigenvalue weighted by molar-refractivity contribution is 0.563. The van der Waals surface area contributed by atoms with Gasteiger partial charge in [-0.15, -0.1) is 0 Å². The van der Waals surface area contributed by atoms with E-state index < -0.39 is 0 Å². The highest BCUT2D eigenvalue weighted by atomic mass is 16.3. The third-order valence-electron chi connectivity index (χ3n) is 2.43. The molecule has 3 rings (SSSR count). The first-order valence-corrected chi connectivity index (χ1v) is 4.57. The van der Waals surface area contributed by atoms with Crippen LogP contribution in [0.25, 0.3) is 22.0 Å². The molecule has 0 saturated carbocycles. The van der Waals surface area contributed by atoms with Crippen LogP contribution in [0.1, 0.15) is 11.5 Å². The number of nitrogens with zero attached hydrogens (tertiary/aromatic N) is 2. The van der Waals surface area contributed by atoms with Gasteiger partial charge in [0.1, 0.15) is 11.6 Å². The van der Waals surface area contributed by atoms with E-state index >= 15 is 0 Å². The molecule has 0 saturated heterocycles. The normalized spacial score (nSPS) is 10.9. The van der Waals surface area contributed by atoms with Crippen LogP contribution < -0.4 is 0 Å². The molecule has 0 aliphatic heterocycles. The summed E-state index contributed by atoms with van der Waals surface area (Å²) >= 11 is 0. The fourth-order valence-corrected chi connectivity index (χ4v) is 1.80. The second-order valence-corrected chi connectivity index (χ2v) is 3.38. The summed E-state index contributed by atoms with van der Waals surface area (Å²) in [6.45, 7) is 1.80. The molecule has 0 radical (unpaired) electrons. The number of hydrogen-bond acceptors (Lipinski definition) is 3. The predicted molar refractivity (Wildman–Crippen MR) is 55.3 cm³/mol. The summed E-state index contributed by atoms with van der Waals surface area (Å²) in [7, 11) is 0. The molecule has 0 atom stereocenters. The fourth-order valence-electron chi connectivity index (χ4n) is 1.80. The fraction of sp³-hybridized carbons (Fsp3) is 0.0909. The van der Waals surface area contributed by atoms with Crippen LogP contribution in [0.3, 0.4) is 0 Å². The first-order valence-electron chi connectivity index (χ1n) is 4.57. The van der Waals surface area contributed by atoms with Crippen LogP contribution in [-0.4, -0.2) is 9.97 Å². The van der Waals surface area contributed by atoms with Crippen LogP contribution in [0.2, 0.25) is 0 Å². The van der Waals surface area contributed by atoms with Gasteiger partial charge in [0.15, 0.2) is 11.5 Å². The third-order valence-corrected chi connectivity index (χ3v) is 2.43. The van der Waals surface area contributed by atoms with Gasteiger partial charge < -0.3 is 9.40 Å². The van der Waals surface area contributed by atoms with E-state index in [2.05, 4.69) is 16.0 Å². The zero-order chi connectivity index (χ0) is 10.4. The molecule has 0 fully saturated rings. The molecule has 15 heavy (non-hydrogen) atoms. The molecule has 0 bridgehead atoms. The van der Waals surface area contributed by atoms with Gasteiger partial charge in [-0.25, -0.2) is 4.98 Å². The molecule has 2 heterocycles. The number of hydrogen-bond donors (Lipinski definition) is 1. The Kier molecular flexibility index (Phi) is 1.40. The minimum absolute atomic E-state index is 0.590. The smallest absolute Gasteiger partial charge is 0.192 e. The predicted octanol–water partition coefficient (Wildman–Crippen LogP) is 2.49. The molecular weight excluding hydrogens is 190 g/mol. The molecular formula is C11H7N3O. The van der Waals surface area contributed by atoms with Crippen LogP contribution in [0.15, 0.2) is 22.7 Å². The van der Waals surface area contributed by atoms with Gasteiger partial charge in [0.05, 0.1) is 16.5 Å². The molecule has 0 aliphatic carbocycles. The first-order chi connectivity index (χ1) is 7.29. The summed E-state index contributed by atoms with van der Waals surface area (Å²) in [4.78, 5) is 7.26. The Morgan fingerprint density at radius 2 is 2.33 bits per heavy atom. The van der Waals surface area contributed by atoms with Crippen molar-refractivity contribution in [2.24, 2.45) is 0 Å². The van der Waals surface area contributed by atoms with Crippen LogP contribution in [0.5, 0.6) is 0 Å². The van der Waals surface area contributed by atoms with E-state index in [0.29, 0.717) is 17.0 Å². The standard InChI is InChI=1S/C11H7N3O/c1-6-14-9-3-2-8-10(11(9)15-6)7(4-12)5-13-8/h2-3,5,13H,1H3. The zero-order valence-corrected chi connectivity index (χ0v) is 8.03. The van der Waals surface area contributed by atoms with Gasteiger partial charge in [-0.05, 0) is 12.1 Å². The number of rotatable bonds is 0. The van der Waals surface area contributed by atoms with Gasteiger partial charge >= 0.3 is 0 Å². The summed E-state index contributed by atoms with van der Waals surface area (Å²) in [5.74, 6) is 0.614. The SMILES string of the molecule is Cc1nc2ccc3[nH]cc(C#N)c3c2o1. The number of fused-ring (bicyclic) bond motifs is 3. The molecule has 0 unspecified atom stereocenters. The third kappa shape index (κ3) is 0.974. The monoisotopic (exact) mass is 197 g/mol. The minimum atomic E-state index is 0.590. The molecule has 4 nitrogen and oxygen atoms in total. The van der Waals surface area contributed by atoms with E-state index in [1.165, 1.54) is 0 Å². The van der Waals surface area contributed by atoms with Crippen molar-refractivity contribution < 1.29 is 4.42 Å². The van der Waals surface area contributed by atoms with Gasteiger partial charge in [-0.3, -0.25) is 0 Å². The van der Waals surface area contributed by atoms with E-state index in [4.69, 9.17) is 9.68 Å². The number of aryl methyl sites for hydroxylation is 1. The highest BCUT2D eigenvalue weighted by Crippen LogP contribution is 2.27. The maximum Gasteiger partial charge on any atom is 0.192 e. The molecule has 72 valence electrons. The molecule has 1 N–H and O–H groups in total. The molecule has 1 aromatic carbocycles. The number of aromatic amines is 1. The highest BCUT2D eigenvalue weighted by Gasteiger charge is 2.11. The summed E-state index contributed by atoms with van der Waals surface area (Å²) in [5, 5.41) is 9.77. The average molecular weight is 197 g/mol. The van der Waals surface area contributed by atoms with Crippen molar-refractivity contribution in [2.75, 3.05) is 0 Å². The minimum Gasteiger partial charge on any atom is -0.440 e.